The number of hydrogen-bond donors (Lipinski definition) is 1. The summed E-state index contributed by atoms with van der Waals surface area (Å²) in [5.41, 5.74) is 11.8. The summed E-state index contributed by atoms with van der Waals surface area (Å²) in [5, 5.41) is 5.76. The van der Waals surface area contributed by atoms with Crippen molar-refractivity contribution < 1.29 is 9.53 Å². The average molecular weight is 614 g/mol. The van der Waals surface area contributed by atoms with Crippen LogP contribution in [0.2, 0.25) is 0 Å². The number of para-hydroxylation sites is 1. The molecule has 1 saturated heterocycles. The molecule has 9 rings (SSSR count). The van der Waals surface area contributed by atoms with Crippen LogP contribution in [0.5, 0.6) is 5.75 Å². The number of carbonyl (C=O) groups excluding carboxylic acids is 1. The van der Waals surface area contributed by atoms with Crippen molar-refractivity contribution in [2.45, 2.75) is 50.9 Å². The van der Waals surface area contributed by atoms with Crippen molar-refractivity contribution in [3.63, 3.8) is 0 Å². The van der Waals surface area contributed by atoms with Gasteiger partial charge in [0.25, 0.3) is 5.91 Å². The molecule has 5 heterocycles. The van der Waals surface area contributed by atoms with Crippen LogP contribution >= 0.6 is 0 Å². The fourth-order valence-electron chi connectivity index (χ4n) is 7.62. The van der Waals surface area contributed by atoms with Crippen LogP contribution in [0.15, 0.2) is 73.4 Å². The second-order valence-corrected chi connectivity index (χ2v) is 13.0. The first kappa shape index (κ1) is 27.3. The van der Waals surface area contributed by atoms with Crippen LogP contribution in [0, 0.1) is 11.8 Å². The lowest BCUT2D eigenvalue weighted by Crippen LogP contribution is -2.41. The second-order valence-electron chi connectivity index (χ2n) is 13.0. The Bertz CT molecular complexity index is 2110. The number of carbonyl (C=O) groups is 1. The Morgan fingerprint density at radius 1 is 1.04 bits per heavy atom. The number of nitrogens with zero attached hydrogens (tertiary/aromatic N) is 8. The lowest BCUT2D eigenvalue weighted by molar-refractivity contribution is 0.0700. The Kier molecular flexibility index (Phi) is 6.24. The van der Waals surface area contributed by atoms with Crippen LogP contribution in [-0.2, 0) is 13.1 Å². The first-order valence-corrected chi connectivity index (χ1v) is 16.1. The zero-order valence-electron chi connectivity index (χ0n) is 25.7. The number of amides is 1. The molecule has 2 saturated carbocycles. The lowest BCUT2D eigenvalue weighted by Gasteiger charge is -2.27. The molecule has 232 valence electrons. The fraction of sp³-hybridized carbons (Fsp3) is 0.343. The number of piperidine rings is 1. The largest absolute Gasteiger partial charge is 0.494 e. The third-order valence-corrected chi connectivity index (χ3v) is 10.1. The van der Waals surface area contributed by atoms with Crippen molar-refractivity contribution in [2.75, 3.05) is 13.7 Å². The molecular weight excluding hydrogens is 578 g/mol. The number of benzene rings is 2. The van der Waals surface area contributed by atoms with E-state index >= 15 is 0 Å². The topological polar surface area (TPSA) is 122 Å². The van der Waals surface area contributed by atoms with Crippen molar-refractivity contribution in [3.05, 3.63) is 84.6 Å². The van der Waals surface area contributed by atoms with E-state index in [2.05, 4.69) is 54.5 Å². The van der Waals surface area contributed by atoms with Gasteiger partial charge in [-0.3, -0.25) is 9.78 Å². The predicted molar refractivity (Wildman–Crippen MR) is 174 cm³/mol. The molecule has 4 aromatic heterocycles. The molecule has 2 aromatic carbocycles. The molecule has 1 aliphatic heterocycles. The number of hydrogen-bond acceptors (Lipinski definition) is 7. The van der Waals surface area contributed by atoms with E-state index in [0.29, 0.717) is 42.1 Å². The second kappa shape index (κ2) is 10.5. The lowest BCUT2D eigenvalue weighted by atomic mass is 10.1. The summed E-state index contributed by atoms with van der Waals surface area (Å²) in [6.07, 6.45) is 13.3. The van der Waals surface area contributed by atoms with Crippen LogP contribution in [-0.4, -0.2) is 70.4 Å². The molecule has 46 heavy (non-hydrogen) atoms. The smallest absolute Gasteiger partial charge is 0.254 e. The van der Waals surface area contributed by atoms with E-state index in [4.69, 9.17) is 15.5 Å². The van der Waals surface area contributed by atoms with Gasteiger partial charge in [-0.15, -0.1) is 0 Å². The summed E-state index contributed by atoms with van der Waals surface area (Å²) in [5.74, 6) is 3.11. The summed E-state index contributed by atoms with van der Waals surface area (Å²) >= 11 is 0. The monoisotopic (exact) mass is 613 g/mol. The Morgan fingerprint density at radius 2 is 1.93 bits per heavy atom. The van der Waals surface area contributed by atoms with Crippen molar-refractivity contribution in [2.24, 2.45) is 17.6 Å². The highest BCUT2D eigenvalue weighted by atomic mass is 16.5. The number of aromatic nitrogens is 7. The molecule has 2 unspecified atom stereocenters. The fourth-order valence-corrected chi connectivity index (χ4v) is 7.62. The molecule has 0 radical (unpaired) electrons. The molecule has 3 fully saturated rings. The van der Waals surface area contributed by atoms with Gasteiger partial charge in [0.2, 0.25) is 0 Å². The molecule has 3 atom stereocenters. The number of fused-ring (bicyclic) bond motifs is 4. The summed E-state index contributed by atoms with van der Waals surface area (Å²) in [4.78, 5) is 29.8. The van der Waals surface area contributed by atoms with Gasteiger partial charge in [-0.2, -0.15) is 5.10 Å². The molecule has 1 amide bonds. The van der Waals surface area contributed by atoms with Crippen LogP contribution in [0.1, 0.15) is 41.6 Å². The van der Waals surface area contributed by atoms with Crippen molar-refractivity contribution in [3.8, 4) is 23.1 Å². The number of rotatable bonds is 8. The quantitative estimate of drug-likeness (QED) is 0.265. The Balaban J connectivity index is 1.20. The molecule has 3 aliphatic rings. The Labute approximate surface area is 265 Å². The molecular formula is C35H35N9O2. The predicted octanol–water partition coefficient (Wildman–Crippen LogP) is 4.66. The third-order valence-electron chi connectivity index (χ3n) is 10.1. The molecule has 0 spiro atoms. The van der Waals surface area contributed by atoms with Gasteiger partial charge >= 0.3 is 0 Å². The van der Waals surface area contributed by atoms with Gasteiger partial charge in [0.05, 0.1) is 37.3 Å². The summed E-state index contributed by atoms with van der Waals surface area (Å²) < 4.78 is 12.4. The van der Waals surface area contributed by atoms with Crippen LogP contribution in [0.4, 0.5) is 0 Å². The molecule has 11 nitrogen and oxygen atoms in total. The standard InChI is InChI=1S/C35H35N9O2/c1-46-30-14-25(35(45)42-20-24-8-9-28(42)32(24)36)12-26-33(30)43(18-22-15-39-44(19-22)31-16-37-10-11-38-31)34(40-26)29-13-23-4-2-3-5-27(23)41(29)17-21-6-7-21/h2-5,10-16,19,21,24,28,32H,6-9,17-18,20,36H2,1H3/t24?,28?,32-/m1/s1. The summed E-state index contributed by atoms with van der Waals surface area (Å²) in [6.45, 7) is 2.14. The minimum atomic E-state index is -0.00737. The average Bonchev–Trinajstić information content (AvgIpc) is 3.40. The Morgan fingerprint density at radius 3 is 2.70 bits per heavy atom. The summed E-state index contributed by atoms with van der Waals surface area (Å²) in [6, 6.07) is 14.7. The van der Waals surface area contributed by atoms with Gasteiger partial charge in [-0.05, 0) is 61.8 Å². The maximum Gasteiger partial charge on any atom is 0.254 e. The number of imidazole rings is 1. The van der Waals surface area contributed by atoms with Gasteiger partial charge < -0.3 is 24.5 Å². The van der Waals surface area contributed by atoms with E-state index in [1.807, 2.05) is 29.4 Å². The zero-order valence-corrected chi connectivity index (χ0v) is 25.7. The number of methoxy groups -OCH3 is 1. The minimum absolute atomic E-state index is 0.00737. The Hall–Kier alpha value is -5.03. The van der Waals surface area contributed by atoms with Crippen molar-refractivity contribution >= 4 is 27.8 Å². The van der Waals surface area contributed by atoms with Gasteiger partial charge in [0.15, 0.2) is 11.6 Å². The normalized spacial score (nSPS) is 20.7. The van der Waals surface area contributed by atoms with E-state index in [1.165, 1.54) is 23.7 Å². The minimum Gasteiger partial charge on any atom is -0.494 e. The van der Waals surface area contributed by atoms with E-state index in [0.717, 1.165) is 47.5 Å². The van der Waals surface area contributed by atoms with Gasteiger partial charge in [0, 0.05) is 65.8 Å². The number of nitrogens with two attached hydrogens (primary N) is 1. The highest BCUT2D eigenvalue weighted by molar-refractivity contribution is 6.00. The number of likely N-dealkylation sites (tertiary alicyclic amines) is 1. The van der Waals surface area contributed by atoms with Crippen LogP contribution in [0.3, 0.4) is 0 Å². The zero-order chi connectivity index (χ0) is 30.9. The maximum atomic E-state index is 13.9. The number of ether oxygens (including phenoxy) is 1. The van der Waals surface area contributed by atoms with Gasteiger partial charge in [-0.1, -0.05) is 18.2 Å². The molecule has 2 N–H and O–H groups in total. The van der Waals surface area contributed by atoms with E-state index in [-0.39, 0.29) is 18.0 Å². The van der Waals surface area contributed by atoms with E-state index in [1.54, 1.807) is 30.4 Å². The molecule has 11 heteroatoms. The van der Waals surface area contributed by atoms with Crippen LogP contribution in [0.25, 0.3) is 39.3 Å². The molecule has 6 aromatic rings. The van der Waals surface area contributed by atoms with Crippen molar-refractivity contribution in [1.29, 1.82) is 0 Å². The molecule has 2 bridgehead atoms. The van der Waals surface area contributed by atoms with Crippen LogP contribution < -0.4 is 10.5 Å². The maximum absolute atomic E-state index is 13.9. The van der Waals surface area contributed by atoms with E-state index < -0.39 is 0 Å². The third kappa shape index (κ3) is 4.40. The first-order valence-electron chi connectivity index (χ1n) is 16.1. The highest BCUT2D eigenvalue weighted by Gasteiger charge is 2.47. The highest BCUT2D eigenvalue weighted by Crippen LogP contribution is 2.40. The van der Waals surface area contributed by atoms with Gasteiger partial charge in [0.1, 0.15) is 11.3 Å². The van der Waals surface area contributed by atoms with E-state index in [9.17, 15) is 4.79 Å². The van der Waals surface area contributed by atoms with Gasteiger partial charge in [-0.25, -0.2) is 14.6 Å². The molecule has 2 aliphatic carbocycles. The SMILES string of the molecule is COc1cc(C(=O)N2CC3CCC2[C@@H]3N)cc2nc(-c3cc4ccccc4n3CC3CC3)n(Cc3cnn(-c4cnccn4)c3)c12. The van der Waals surface area contributed by atoms with Crippen molar-refractivity contribution in [1.82, 2.24) is 38.8 Å². The summed E-state index contributed by atoms with van der Waals surface area (Å²) in [7, 11) is 1.66. The first-order chi connectivity index (χ1) is 22.6.